The Bertz CT molecular complexity index is 1100. The molecule has 4 rings (SSSR count). The van der Waals surface area contributed by atoms with E-state index >= 15 is 0 Å². The Hall–Kier alpha value is -2.38. The molecule has 0 aliphatic carbocycles. The smallest absolute Gasteiger partial charge is 0.265 e. The Kier molecular flexibility index (Phi) is 5.36. The van der Waals surface area contributed by atoms with Crippen LogP contribution < -0.4 is 0 Å². The van der Waals surface area contributed by atoms with Gasteiger partial charge in [0.2, 0.25) is 0 Å². The first-order chi connectivity index (χ1) is 13.9. The van der Waals surface area contributed by atoms with Gasteiger partial charge in [-0.3, -0.25) is 9.59 Å². The van der Waals surface area contributed by atoms with Crippen molar-refractivity contribution in [1.29, 1.82) is 0 Å². The highest BCUT2D eigenvalue weighted by molar-refractivity contribution is 7.21. The maximum Gasteiger partial charge on any atom is 0.265 e. The first kappa shape index (κ1) is 19.9. The van der Waals surface area contributed by atoms with Crippen LogP contribution in [0.3, 0.4) is 0 Å². The molecule has 3 nitrogen and oxygen atoms in total. The molecule has 0 bridgehead atoms. The molecule has 1 saturated heterocycles. The summed E-state index contributed by atoms with van der Waals surface area (Å²) in [5.74, 6) is -5.04. The highest BCUT2D eigenvalue weighted by atomic mass is 35.5. The molecule has 3 aromatic rings. The van der Waals surface area contributed by atoms with E-state index in [9.17, 15) is 22.8 Å². The lowest BCUT2D eigenvalue weighted by Crippen LogP contribution is -2.40. The number of hydrogen-bond acceptors (Lipinski definition) is 3. The van der Waals surface area contributed by atoms with E-state index in [0.717, 1.165) is 10.1 Å². The van der Waals surface area contributed by atoms with Gasteiger partial charge in [0.05, 0.1) is 10.6 Å². The fraction of sp³-hybridized carbons (Fsp3) is 0.238. The normalized spacial score (nSPS) is 15.1. The Morgan fingerprint density at radius 1 is 1.03 bits per heavy atom. The molecule has 29 heavy (non-hydrogen) atoms. The summed E-state index contributed by atoms with van der Waals surface area (Å²) in [6.07, 6.45) is 0.534. The van der Waals surface area contributed by atoms with E-state index in [0.29, 0.717) is 22.0 Å². The third-order valence-electron chi connectivity index (χ3n) is 5.14. The molecule has 1 aliphatic heterocycles. The van der Waals surface area contributed by atoms with Crippen LogP contribution in [0.25, 0.3) is 10.1 Å². The quantitative estimate of drug-likeness (QED) is 0.492. The van der Waals surface area contributed by atoms with Gasteiger partial charge >= 0.3 is 0 Å². The van der Waals surface area contributed by atoms with Crippen molar-refractivity contribution >= 4 is 44.7 Å². The summed E-state index contributed by atoms with van der Waals surface area (Å²) in [6.45, 7) is 0.536. The summed E-state index contributed by atoms with van der Waals surface area (Å²) >= 11 is 7.68. The number of Topliss-reactive ketones (excluding diaryl/α,β-unsaturated/α-hetero) is 1. The van der Waals surface area contributed by atoms with Crippen LogP contribution in [0.5, 0.6) is 0 Å². The van der Waals surface area contributed by atoms with Crippen LogP contribution in [0.15, 0.2) is 36.4 Å². The van der Waals surface area contributed by atoms with Crippen LogP contribution in [0.4, 0.5) is 13.2 Å². The van der Waals surface area contributed by atoms with Gasteiger partial charge in [-0.05, 0) is 18.9 Å². The summed E-state index contributed by atoms with van der Waals surface area (Å²) < 4.78 is 41.8. The highest BCUT2D eigenvalue weighted by Gasteiger charge is 2.32. The predicted octanol–water partition coefficient (Wildman–Crippen LogP) is 5.71. The van der Waals surface area contributed by atoms with Gasteiger partial charge in [0.1, 0.15) is 22.3 Å². The number of thiophene rings is 1. The molecule has 1 fully saturated rings. The van der Waals surface area contributed by atoms with Crippen LogP contribution in [0.2, 0.25) is 5.02 Å². The Balaban J connectivity index is 1.48. The van der Waals surface area contributed by atoms with E-state index in [1.807, 2.05) is 24.3 Å². The molecule has 0 atom stereocenters. The monoisotopic (exact) mass is 437 g/mol. The SMILES string of the molecule is O=C(c1c(F)cc(F)cc1F)C1CCN(C(=O)c2sc3ccccc3c2Cl)CC1. The minimum Gasteiger partial charge on any atom is -0.338 e. The van der Waals surface area contributed by atoms with Gasteiger partial charge in [-0.15, -0.1) is 11.3 Å². The van der Waals surface area contributed by atoms with Crippen LogP contribution in [-0.4, -0.2) is 29.7 Å². The first-order valence-electron chi connectivity index (χ1n) is 9.02. The number of carbonyl (C=O) groups excluding carboxylic acids is 2. The van der Waals surface area contributed by atoms with Crippen molar-refractivity contribution in [3.8, 4) is 0 Å². The minimum absolute atomic E-state index is 0.221. The molecular weight excluding hydrogens is 423 g/mol. The average molecular weight is 438 g/mol. The molecule has 1 amide bonds. The van der Waals surface area contributed by atoms with Gasteiger partial charge < -0.3 is 4.90 Å². The molecular formula is C21H15ClF3NO2S. The number of benzene rings is 2. The number of carbonyl (C=O) groups is 2. The fourth-order valence-corrected chi connectivity index (χ4v) is 5.10. The molecule has 1 aliphatic rings. The lowest BCUT2D eigenvalue weighted by Gasteiger charge is -2.31. The van der Waals surface area contributed by atoms with Gasteiger partial charge in [-0.1, -0.05) is 29.8 Å². The van der Waals surface area contributed by atoms with Gasteiger partial charge in [0, 0.05) is 41.2 Å². The minimum atomic E-state index is -1.21. The number of halogens is 4. The molecule has 0 radical (unpaired) electrons. The number of fused-ring (bicyclic) bond motifs is 1. The molecule has 0 saturated carbocycles. The van der Waals surface area contributed by atoms with E-state index in [4.69, 9.17) is 11.6 Å². The topological polar surface area (TPSA) is 37.4 Å². The lowest BCUT2D eigenvalue weighted by atomic mass is 9.88. The second-order valence-electron chi connectivity index (χ2n) is 6.92. The van der Waals surface area contributed by atoms with Crippen molar-refractivity contribution in [2.75, 3.05) is 13.1 Å². The third kappa shape index (κ3) is 3.65. The number of rotatable bonds is 3. The molecule has 2 aromatic carbocycles. The number of ketones is 1. The zero-order valence-electron chi connectivity index (χ0n) is 15.1. The third-order valence-corrected chi connectivity index (χ3v) is 6.80. The fourth-order valence-electron chi connectivity index (χ4n) is 3.62. The average Bonchev–Trinajstić information content (AvgIpc) is 3.03. The molecule has 1 aromatic heterocycles. The van der Waals surface area contributed by atoms with E-state index in [1.165, 1.54) is 11.3 Å². The predicted molar refractivity (Wildman–Crippen MR) is 106 cm³/mol. The van der Waals surface area contributed by atoms with Gasteiger partial charge in [-0.2, -0.15) is 0 Å². The van der Waals surface area contributed by atoms with Gasteiger partial charge in [-0.25, -0.2) is 13.2 Å². The number of likely N-dealkylation sites (tertiary alicyclic amines) is 1. The van der Waals surface area contributed by atoms with E-state index < -0.39 is 34.7 Å². The zero-order valence-corrected chi connectivity index (χ0v) is 16.6. The van der Waals surface area contributed by atoms with E-state index in [-0.39, 0.29) is 31.8 Å². The molecule has 2 heterocycles. The molecule has 150 valence electrons. The Labute approximate surface area is 173 Å². The van der Waals surface area contributed by atoms with Crippen molar-refractivity contribution in [3.63, 3.8) is 0 Å². The van der Waals surface area contributed by atoms with Gasteiger partial charge in [0.15, 0.2) is 5.78 Å². The summed E-state index contributed by atoms with van der Waals surface area (Å²) in [5.41, 5.74) is -0.719. The van der Waals surface area contributed by atoms with Crippen molar-refractivity contribution in [3.05, 3.63) is 69.3 Å². The molecule has 0 N–H and O–H groups in total. The summed E-state index contributed by atoms with van der Waals surface area (Å²) in [6, 6.07) is 8.45. The van der Waals surface area contributed by atoms with Crippen LogP contribution in [-0.2, 0) is 0 Å². The van der Waals surface area contributed by atoms with Crippen LogP contribution >= 0.6 is 22.9 Å². The standard InChI is InChI=1S/C21H15ClF3NO2S/c22-18-13-3-1-2-4-16(13)29-20(18)21(28)26-7-5-11(6-8-26)19(27)17-14(24)9-12(23)10-15(17)25/h1-4,9-11H,5-8H2. The number of amides is 1. The number of piperidine rings is 1. The Morgan fingerprint density at radius 2 is 1.66 bits per heavy atom. The van der Waals surface area contributed by atoms with Crippen molar-refractivity contribution < 1.29 is 22.8 Å². The lowest BCUT2D eigenvalue weighted by molar-refractivity contribution is 0.0651. The van der Waals surface area contributed by atoms with Crippen molar-refractivity contribution in [2.24, 2.45) is 5.92 Å². The molecule has 0 unspecified atom stereocenters. The Morgan fingerprint density at radius 3 is 2.28 bits per heavy atom. The summed E-state index contributed by atoms with van der Waals surface area (Å²) in [7, 11) is 0. The van der Waals surface area contributed by atoms with Crippen LogP contribution in [0.1, 0.15) is 32.9 Å². The zero-order chi connectivity index (χ0) is 20.7. The maximum atomic E-state index is 13.9. The van der Waals surface area contributed by atoms with Crippen molar-refractivity contribution in [2.45, 2.75) is 12.8 Å². The highest BCUT2D eigenvalue weighted by Crippen LogP contribution is 2.36. The summed E-state index contributed by atoms with van der Waals surface area (Å²) in [5, 5.41) is 1.22. The summed E-state index contributed by atoms with van der Waals surface area (Å²) in [4.78, 5) is 27.5. The largest absolute Gasteiger partial charge is 0.338 e. The molecule has 8 heteroatoms. The number of hydrogen-bond donors (Lipinski definition) is 0. The van der Waals surface area contributed by atoms with Crippen molar-refractivity contribution in [1.82, 2.24) is 4.90 Å². The number of nitrogens with zero attached hydrogens (tertiary/aromatic N) is 1. The van der Waals surface area contributed by atoms with Gasteiger partial charge in [0.25, 0.3) is 5.91 Å². The molecule has 0 spiro atoms. The second-order valence-corrected chi connectivity index (χ2v) is 8.35. The van der Waals surface area contributed by atoms with E-state index in [2.05, 4.69) is 0 Å². The first-order valence-corrected chi connectivity index (χ1v) is 10.2. The second kappa shape index (κ2) is 7.80. The van der Waals surface area contributed by atoms with E-state index in [1.54, 1.807) is 4.90 Å². The maximum absolute atomic E-state index is 13.9. The van der Waals surface area contributed by atoms with Crippen LogP contribution in [0, 0.1) is 23.4 Å².